The Hall–Kier alpha value is -4.20. The van der Waals surface area contributed by atoms with E-state index in [1.54, 1.807) is 61.6 Å². The molecule has 34 heavy (non-hydrogen) atoms. The second-order valence-electron chi connectivity index (χ2n) is 8.46. The molecule has 2 aliphatic rings. The van der Waals surface area contributed by atoms with E-state index in [0.29, 0.717) is 34.9 Å². The van der Waals surface area contributed by atoms with Crippen LogP contribution in [0.3, 0.4) is 0 Å². The Morgan fingerprint density at radius 3 is 2.53 bits per heavy atom. The van der Waals surface area contributed by atoms with Gasteiger partial charge in [-0.25, -0.2) is 4.79 Å². The number of benzene rings is 3. The number of amides is 3. The zero-order chi connectivity index (χ0) is 23.9. The third-order valence-electron chi connectivity index (χ3n) is 6.16. The van der Waals surface area contributed by atoms with Crippen molar-refractivity contribution in [2.24, 2.45) is 0 Å². The molecular formula is C26H25N3O5. The van der Waals surface area contributed by atoms with E-state index in [-0.39, 0.29) is 18.0 Å². The van der Waals surface area contributed by atoms with Crippen molar-refractivity contribution in [3.8, 4) is 17.2 Å². The number of hydrogen-bond acceptors (Lipinski definition) is 5. The van der Waals surface area contributed by atoms with Crippen LogP contribution in [0.5, 0.6) is 17.2 Å². The number of anilines is 2. The molecule has 3 amide bonds. The van der Waals surface area contributed by atoms with Gasteiger partial charge in [0.2, 0.25) is 0 Å². The van der Waals surface area contributed by atoms with Gasteiger partial charge in [0.05, 0.1) is 25.9 Å². The highest BCUT2D eigenvalue weighted by Gasteiger charge is 2.49. The highest BCUT2D eigenvalue weighted by molar-refractivity contribution is 6.06. The molecule has 8 nitrogen and oxygen atoms in total. The number of carbonyl (C=O) groups excluding carboxylic acids is 2. The summed E-state index contributed by atoms with van der Waals surface area (Å²) in [4.78, 5) is 27.8. The van der Waals surface area contributed by atoms with Crippen LogP contribution >= 0.6 is 0 Å². The van der Waals surface area contributed by atoms with Crippen molar-refractivity contribution in [2.75, 3.05) is 24.4 Å². The lowest BCUT2D eigenvalue weighted by molar-refractivity contribution is 0.0378. The Balaban J connectivity index is 1.43. The Bertz CT molecular complexity index is 1250. The van der Waals surface area contributed by atoms with E-state index < -0.39 is 5.72 Å². The summed E-state index contributed by atoms with van der Waals surface area (Å²) in [6.07, 6.45) is 0.579. The fraction of sp³-hybridized carbons (Fsp3) is 0.231. The smallest absolute Gasteiger partial charge is 0.325 e. The van der Waals surface area contributed by atoms with Crippen molar-refractivity contribution in [2.45, 2.75) is 25.1 Å². The fourth-order valence-electron chi connectivity index (χ4n) is 4.58. The minimum atomic E-state index is -0.892. The molecule has 0 radical (unpaired) electrons. The number of fused-ring (bicyclic) bond motifs is 4. The third-order valence-corrected chi connectivity index (χ3v) is 6.16. The number of urea groups is 1. The van der Waals surface area contributed by atoms with Crippen molar-refractivity contribution in [1.82, 2.24) is 5.32 Å². The maximum Gasteiger partial charge on any atom is 0.325 e. The van der Waals surface area contributed by atoms with Crippen molar-refractivity contribution < 1.29 is 23.8 Å². The molecular weight excluding hydrogens is 434 g/mol. The van der Waals surface area contributed by atoms with Gasteiger partial charge >= 0.3 is 6.03 Å². The monoisotopic (exact) mass is 459 g/mol. The van der Waals surface area contributed by atoms with Crippen LogP contribution in [-0.2, 0) is 0 Å². The summed E-state index contributed by atoms with van der Waals surface area (Å²) in [5, 5.41) is 5.94. The number of nitrogens with zero attached hydrogens (tertiary/aromatic N) is 1. The molecule has 3 aromatic rings. The standard InChI is InChI=1S/C26H25N3O5/c1-26-15-22(21-9-4-5-10-23(21)34-26)28-25(31)29(26)18-8-6-7-16(11-18)24(30)27-17-12-19(32-2)14-20(13-17)33-3/h4-14,22H,15H2,1-3H3,(H,27,30)(H,28,31)/t22-,26+/m0/s1. The topological polar surface area (TPSA) is 89.1 Å². The van der Waals surface area contributed by atoms with Crippen LogP contribution in [0.2, 0.25) is 0 Å². The molecule has 3 aromatic carbocycles. The normalized spacial score (nSPS) is 20.5. The van der Waals surface area contributed by atoms with E-state index in [1.807, 2.05) is 31.2 Å². The number of ether oxygens (including phenoxy) is 3. The first-order valence-electron chi connectivity index (χ1n) is 10.9. The van der Waals surface area contributed by atoms with Crippen molar-refractivity contribution >= 4 is 23.3 Å². The van der Waals surface area contributed by atoms with Crippen LogP contribution in [0.15, 0.2) is 66.7 Å². The molecule has 174 valence electrons. The maximum atomic E-state index is 13.1. The van der Waals surface area contributed by atoms with Gasteiger partial charge < -0.3 is 24.8 Å². The molecule has 0 saturated carbocycles. The highest BCUT2D eigenvalue weighted by atomic mass is 16.5. The lowest BCUT2D eigenvalue weighted by atomic mass is 9.90. The lowest BCUT2D eigenvalue weighted by Gasteiger charge is -2.50. The first-order chi connectivity index (χ1) is 16.4. The molecule has 2 atom stereocenters. The van der Waals surface area contributed by atoms with Crippen molar-refractivity contribution in [1.29, 1.82) is 0 Å². The van der Waals surface area contributed by atoms with Crippen LogP contribution < -0.4 is 29.7 Å². The minimum absolute atomic E-state index is 0.131. The van der Waals surface area contributed by atoms with Gasteiger partial charge in [-0.15, -0.1) is 0 Å². The van der Waals surface area contributed by atoms with Gasteiger partial charge in [0.1, 0.15) is 17.2 Å². The largest absolute Gasteiger partial charge is 0.497 e. The van der Waals surface area contributed by atoms with Gasteiger partial charge in [0.15, 0.2) is 5.72 Å². The number of rotatable bonds is 5. The van der Waals surface area contributed by atoms with Crippen molar-refractivity contribution in [3.05, 3.63) is 77.9 Å². The average Bonchev–Trinajstić information content (AvgIpc) is 2.83. The molecule has 2 N–H and O–H groups in total. The van der Waals surface area contributed by atoms with E-state index in [0.717, 1.165) is 11.3 Å². The summed E-state index contributed by atoms with van der Waals surface area (Å²) >= 11 is 0. The Kier molecular flexibility index (Phi) is 5.28. The first kappa shape index (κ1) is 21.6. The van der Waals surface area contributed by atoms with Gasteiger partial charge in [-0.05, 0) is 31.2 Å². The lowest BCUT2D eigenvalue weighted by Crippen LogP contribution is -2.65. The zero-order valence-electron chi connectivity index (χ0n) is 19.1. The number of para-hydroxylation sites is 1. The summed E-state index contributed by atoms with van der Waals surface area (Å²) in [7, 11) is 3.09. The summed E-state index contributed by atoms with van der Waals surface area (Å²) < 4.78 is 16.9. The SMILES string of the molecule is COc1cc(NC(=O)c2cccc(N3C(=O)N[C@H]4C[C@@]3(C)Oc3ccccc34)c2)cc(OC)c1. The predicted octanol–water partition coefficient (Wildman–Crippen LogP) is 4.73. The van der Waals surface area contributed by atoms with Gasteiger partial charge in [-0.3, -0.25) is 9.69 Å². The van der Waals surface area contributed by atoms with Gasteiger partial charge in [0.25, 0.3) is 5.91 Å². The molecule has 2 heterocycles. The molecule has 2 bridgehead atoms. The van der Waals surface area contributed by atoms with Crippen LogP contribution in [0.25, 0.3) is 0 Å². The Morgan fingerprint density at radius 1 is 1.06 bits per heavy atom. The summed E-state index contributed by atoms with van der Waals surface area (Å²) in [5.74, 6) is 1.54. The average molecular weight is 460 g/mol. The van der Waals surface area contributed by atoms with E-state index >= 15 is 0 Å². The van der Waals surface area contributed by atoms with Crippen LogP contribution in [0.1, 0.15) is 35.3 Å². The maximum absolute atomic E-state index is 13.1. The Morgan fingerprint density at radius 2 is 1.79 bits per heavy atom. The number of methoxy groups -OCH3 is 2. The number of nitrogens with one attached hydrogen (secondary N) is 2. The second-order valence-corrected chi connectivity index (χ2v) is 8.46. The molecule has 5 rings (SSSR count). The molecule has 8 heteroatoms. The quantitative estimate of drug-likeness (QED) is 0.576. The molecule has 1 fully saturated rings. The van der Waals surface area contributed by atoms with Crippen LogP contribution in [0, 0.1) is 0 Å². The first-order valence-corrected chi connectivity index (χ1v) is 10.9. The molecule has 0 aliphatic carbocycles. The highest BCUT2D eigenvalue weighted by Crippen LogP contribution is 2.45. The predicted molar refractivity (Wildman–Crippen MR) is 128 cm³/mol. The molecule has 0 unspecified atom stereocenters. The van der Waals surface area contributed by atoms with Crippen molar-refractivity contribution in [3.63, 3.8) is 0 Å². The van der Waals surface area contributed by atoms with Gasteiger partial charge in [-0.2, -0.15) is 0 Å². The molecule has 0 spiro atoms. The third kappa shape index (κ3) is 3.77. The minimum Gasteiger partial charge on any atom is -0.497 e. The van der Waals surface area contributed by atoms with Crippen LogP contribution in [-0.4, -0.2) is 31.9 Å². The van der Waals surface area contributed by atoms with E-state index in [2.05, 4.69) is 10.6 Å². The number of hydrogen-bond donors (Lipinski definition) is 2. The van der Waals surface area contributed by atoms with E-state index in [9.17, 15) is 9.59 Å². The van der Waals surface area contributed by atoms with E-state index in [4.69, 9.17) is 14.2 Å². The summed E-state index contributed by atoms with van der Waals surface area (Å²) in [5.41, 5.74) is 1.57. The molecule has 2 aliphatic heterocycles. The second kappa shape index (κ2) is 8.30. The fourth-order valence-corrected chi connectivity index (χ4v) is 4.58. The van der Waals surface area contributed by atoms with Gasteiger partial charge in [0, 0.05) is 41.4 Å². The number of carbonyl (C=O) groups is 2. The molecule has 0 aromatic heterocycles. The summed E-state index contributed by atoms with van der Waals surface area (Å²) in [6.45, 7) is 1.89. The Labute approximate surface area is 197 Å². The van der Waals surface area contributed by atoms with Gasteiger partial charge in [-0.1, -0.05) is 24.3 Å². The van der Waals surface area contributed by atoms with Crippen LogP contribution in [0.4, 0.5) is 16.2 Å². The zero-order valence-corrected chi connectivity index (χ0v) is 19.1. The van der Waals surface area contributed by atoms with E-state index in [1.165, 1.54) is 0 Å². The summed E-state index contributed by atoms with van der Waals surface area (Å²) in [6, 6.07) is 19.4. The molecule has 1 saturated heterocycles.